The van der Waals surface area contributed by atoms with Gasteiger partial charge in [-0.1, -0.05) is 38.8 Å². The fourth-order valence-corrected chi connectivity index (χ4v) is 3.51. The lowest BCUT2D eigenvalue weighted by molar-refractivity contribution is -0.131. The molecule has 0 spiro atoms. The summed E-state index contributed by atoms with van der Waals surface area (Å²) in [6.45, 7) is 4.78. The van der Waals surface area contributed by atoms with Crippen molar-refractivity contribution in [3.05, 3.63) is 29.8 Å². The van der Waals surface area contributed by atoms with Gasteiger partial charge in [-0.05, 0) is 43.4 Å². The summed E-state index contributed by atoms with van der Waals surface area (Å²) < 4.78 is 0. The number of amides is 2. The minimum atomic E-state index is -0.492. The molecule has 0 unspecified atom stereocenters. The van der Waals surface area contributed by atoms with Crippen LogP contribution in [0.2, 0.25) is 0 Å². The quantitative estimate of drug-likeness (QED) is 0.643. The summed E-state index contributed by atoms with van der Waals surface area (Å²) in [5, 5.41) is 6.00. The smallest absolute Gasteiger partial charge is 0.227 e. The predicted octanol–water partition coefficient (Wildman–Crippen LogP) is 3.62. The lowest BCUT2D eigenvalue weighted by Crippen LogP contribution is -2.45. The molecule has 2 rings (SSSR count). The summed E-state index contributed by atoms with van der Waals surface area (Å²) in [5.41, 5.74) is 7.10. The van der Waals surface area contributed by atoms with Crippen molar-refractivity contribution in [2.75, 3.05) is 11.9 Å². The van der Waals surface area contributed by atoms with E-state index in [0.717, 1.165) is 49.8 Å². The number of carbonyl (C=O) groups is 2. The van der Waals surface area contributed by atoms with Crippen LogP contribution in [0.5, 0.6) is 0 Å². The molecule has 0 aliphatic heterocycles. The van der Waals surface area contributed by atoms with Crippen LogP contribution < -0.4 is 16.4 Å². The summed E-state index contributed by atoms with van der Waals surface area (Å²) in [4.78, 5) is 24.8. The molecule has 1 aliphatic rings. The number of halogens is 1. The van der Waals surface area contributed by atoms with E-state index in [-0.39, 0.29) is 30.1 Å². The highest BCUT2D eigenvalue weighted by molar-refractivity contribution is 5.92. The Balaban J connectivity index is 0.00000338. The zero-order valence-electron chi connectivity index (χ0n) is 15.8. The zero-order valence-corrected chi connectivity index (χ0v) is 16.7. The van der Waals surface area contributed by atoms with Gasteiger partial charge in [-0.2, -0.15) is 0 Å². The van der Waals surface area contributed by atoms with Crippen LogP contribution in [0.15, 0.2) is 24.3 Å². The Bertz CT molecular complexity index is 588. The van der Waals surface area contributed by atoms with Gasteiger partial charge in [0.15, 0.2) is 0 Å². The number of anilines is 1. The normalized spacial score (nSPS) is 14.6. The van der Waals surface area contributed by atoms with Gasteiger partial charge >= 0.3 is 0 Å². The van der Waals surface area contributed by atoms with Crippen molar-refractivity contribution in [3.63, 3.8) is 0 Å². The summed E-state index contributed by atoms with van der Waals surface area (Å²) in [6, 6.07) is 7.67. The molecule has 1 aromatic rings. The van der Waals surface area contributed by atoms with Crippen molar-refractivity contribution >= 4 is 29.9 Å². The van der Waals surface area contributed by atoms with E-state index >= 15 is 0 Å². The van der Waals surface area contributed by atoms with Gasteiger partial charge in [-0.25, -0.2) is 0 Å². The standard InChI is InChI=1S/C20H31N3O2.ClH/c1-3-20(4-2,14-21)19(25)22-13-15-8-7-11-17(12-15)23-18(24)16-9-5-6-10-16;/h7-8,11-12,16H,3-6,9-10,13-14,21H2,1-2H3,(H,22,25)(H,23,24);1H. The minimum absolute atomic E-state index is 0. The SMILES string of the molecule is CCC(CC)(CN)C(=O)NCc1cccc(NC(=O)C2CCCC2)c1.Cl. The van der Waals surface area contributed by atoms with Crippen molar-refractivity contribution < 1.29 is 9.59 Å². The molecule has 1 fully saturated rings. The molecular formula is C20H32ClN3O2. The molecule has 6 heteroatoms. The first-order valence-corrected chi connectivity index (χ1v) is 9.43. The van der Waals surface area contributed by atoms with Crippen molar-refractivity contribution in [2.45, 2.75) is 58.9 Å². The van der Waals surface area contributed by atoms with E-state index < -0.39 is 5.41 Å². The third kappa shape index (κ3) is 5.45. The van der Waals surface area contributed by atoms with Gasteiger partial charge in [0, 0.05) is 24.7 Å². The highest BCUT2D eigenvalue weighted by Gasteiger charge is 2.32. The fourth-order valence-electron chi connectivity index (χ4n) is 3.51. The molecule has 1 aromatic carbocycles. The second-order valence-corrected chi connectivity index (χ2v) is 7.05. The second kappa shape index (κ2) is 10.5. The fraction of sp³-hybridized carbons (Fsp3) is 0.600. The summed E-state index contributed by atoms with van der Waals surface area (Å²) in [5.74, 6) is 0.251. The molecule has 0 saturated heterocycles. The van der Waals surface area contributed by atoms with E-state index in [2.05, 4.69) is 10.6 Å². The average Bonchev–Trinajstić information content (AvgIpc) is 3.17. The number of hydrogen-bond acceptors (Lipinski definition) is 3. The van der Waals surface area contributed by atoms with E-state index in [9.17, 15) is 9.59 Å². The van der Waals surface area contributed by atoms with Gasteiger partial charge in [0.25, 0.3) is 0 Å². The Morgan fingerprint density at radius 3 is 2.42 bits per heavy atom. The molecule has 0 atom stereocenters. The third-order valence-electron chi connectivity index (χ3n) is 5.60. The lowest BCUT2D eigenvalue weighted by atomic mass is 9.81. The maximum Gasteiger partial charge on any atom is 0.227 e. The molecular weight excluding hydrogens is 350 g/mol. The monoisotopic (exact) mass is 381 g/mol. The average molecular weight is 382 g/mol. The number of rotatable bonds is 8. The van der Waals surface area contributed by atoms with Gasteiger partial charge in [-0.15, -0.1) is 12.4 Å². The van der Waals surface area contributed by atoms with Gasteiger partial charge < -0.3 is 16.4 Å². The van der Waals surface area contributed by atoms with Gasteiger partial charge in [0.2, 0.25) is 11.8 Å². The van der Waals surface area contributed by atoms with Crippen LogP contribution in [0.25, 0.3) is 0 Å². The maximum atomic E-state index is 12.5. The zero-order chi connectivity index (χ0) is 18.3. The van der Waals surface area contributed by atoms with Crippen LogP contribution >= 0.6 is 12.4 Å². The van der Waals surface area contributed by atoms with Crippen molar-refractivity contribution in [2.24, 2.45) is 17.1 Å². The Kier molecular flexibility index (Phi) is 9.09. The summed E-state index contributed by atoms with van der Waals surface area (Å²) in [7, 11) is 0. The molecule has 0 heterocycles. The van der Waals surface area contributed by atoms with Crippen LogP contribution in [0, 0.1) is 11.3 Å². The van der Waals surface area contributed by atoms with Gasteiger partial charge in [-0.3, -0.25) is 9.59 Å². The number of benzene rings is 1. The van der Waals surface area contributed by atoms with Crippen LogP contribution in [-0.4, -0.2) is 18.4 Å². The van der Waals surface area contributed by atoms with Crippen LogP contribution in [0.4, 0.5) is 5.69 Å². The molecule has 26 heavy (non-hydrogen) atoms. The highest BCUT2D eigenvalue weighted by atomic mass is 35.5. The van der Waals surface area contributed by atoms with E-state index in [4.69, 9.17) is 5.73 Å². The Morgan fingerprint density at radius 1 is 1.19 bits per heavy atom. The van der Waals surface area contributed by atoms with E-state index in [0.29, 0.717) is 13.1 Å². The predicted molar refractivity (Wildman–Crippen MR) is 108 cm³/mol. The lowest BCUT2D eigenvalue weighted by Gasteiger charge is -2.28. The first-order valence-electron chi connectivity index (χ1n) is 9.43. The Morgan fingerprint density at radius 2 is 1.85 bits per heavy atom. The summed E-state index contributed by atoms with van der Waals surface area (Å²) >= 11 is 0. The largest absolute Gasteiger partial charge is 0.352 e. The molecule has 0 aromatic heterocycles. The van der Waals surface area contributed by atoms with Crippen molar-refractivity contribution in [1.82, 2.24) is 5.32 Å². The van der Waals surface area contributed by atoms with Gasteiger partial charge in [0.05, 0.1) is 5.41 Å². The van der Waals surface area contributed by atoms with Crippen LogP contribution in [-0.2, 0) is 16.1 Å². The Hall–Kier alpha value is -1.59. The number of nitrogens with two attached hydrogens (primary N) is 1. The Labute approximate surface area is 162 Å². The van der Waals surface area contributed by atoms with E-state index in [1.54, 1.807) is 0 Å². The topological polar surface area (TPSA) is 84.2 Å². The first kappa shape index (κ1) is 22.5. The molecule has 0 radical (unpaired) electrons. The molecule has 2 amide bonds. The van der Waals surface area contributed by atoms with Crippen LogP contribution in [0.3, 0.4) is 0 Å². The third-order valence-corrected chi connectivity index (χ3v) is 5.60. The number of carbonyl (C=O) groups excluding carboxylic acids is 2. The van der Waals surface area contributed by atoms with Crippen LogP contribution in [0.1, 0.15) is 57.9 Å². The van der Waals surface area contributed by atoms with E-state index in [1.807, 2.05) is 38.1 Å². The van der Waals surface area contributed by atoms with E-state index in [1.165, 1.54) is 0 Å². The number of hydrogen-bond donors (Lipinski definition) is 3. The maximum absolute atomic E-state index is 12.5. The molecule has 146 valence electrons. The second-order valence-electron chi connectivity index (χ2n) is 7.05. The highest BCUT2D eigenvalue weighted by Crippen LogP contribution is 2.27. The minimum Gasteiger partial charge on any atom is -0.352 e. The molecule has 1 saturated carbocycles. The molecule has 5 nitrogen and oxygen atoms in total. The van der Waals surface area contributed by atoms with Crippen molar-refractivity contribution in [1.29, 1.82) is 0 Å². The van der Waals surface area contributed by atoms with Gasteiger partial charge in [0.1, 0.15) is 0 Å². The summed E-state index contributed by atoms with van der Waals surface area (Å²) in [6.07, 6.45) is 5.70. The molecule has 4 N–H and O–H groups in total. The first-order chi connectivity index (χ1) is 12.0. The molecule has 0 bridgehead atoms. The van der Waals surface area contributed by atoms with Crippen molar-refractivity contribution in [3.8, 4) is 0 Å². The number of nitrogens with one attached hydrogen (secondary N) is 2. The molecule has 1 aliphatic carbocycles.